The topological polar surface area (TPSA) is 9.23 Å². The molecule has 0 aromatic heterocycles. The van der Waals surface area contributed by atoms with Crippen LogP contribution in [0.4, 0.5) is 0 Å². The predicted octanol–water partition coefficient (Wildman–Crippen LogP) is 3.98. The molecule has 0 fully saturated rings. The quantitative estimate of drug-likeness (QED) is 0.772. The third-order valence-electron chi connectivity index (χ3n) is 3.16. The molecule has 0 N–H and O–H groups in total. The van der Waals surface area contributed by atoms with Crippen molar-refractivity contribution < 1.29 is 35.9 Å². The standard InChI is InChI=1S/2C6H5.4CH3.O.2Ti/c2*1-2-4-6-5-3-1;;;;;;;/h2*1-5H;4*1H3;;;. The molecule has 2 aromatic carbocycles. The summed E-state index contributed by atoms with van der Waals surface area (Å²) in [6, 6.07) is 21.6. The molecule has 0 unspecified atom stereocenters. The Labute approximate surface area is 124 Å². The second-order valence-electron chi connectivity index (χ2n) is 5.98. The van der Waals surface area contributed by atoms with Crippen molar-refractivity contribution in [2.75, 3.05) is 0 Å². The zero-order chi connectivity index (χ0) is 13.9. The number of hydrogen-bond donors (Lipinski definition) is 0. The summed E-state index contributed by atoms with van der Waals surface area (Å²) in [6.07, 6.45) is 0. The first-order valence-corrected chi connectivity index (χ1v) is 15.8. The summed E-state index contributed by atoms with van der Waals surface area (Å²) in [5, 5.41) is 9.36. The summed E-state index contributed by atoms with van der Waals surface area (Å²) in [5.41, 5.74) is 0. The van der Waals surface area contributed by atoms with E-state index in [-0.39, 0.29) is 0 Å². The number of rotatable bonds is 4. The Balaban J connectivity index is 2.51. The molecule has 19 heavy (non-hydrogen) atoms. The molecule has 0 bridgehead atoms. The van der Waals surface area contributed by atoms with Gasteiger partial charge in [-0.15, -0.1) is 0 Å². The molecule has 0 aliphatic rings. The molecule has 0 saturated heterocycles. The van der Waals surface area contributed by atoms with Gasteiger partial charge in [-0.2, -0.15) is 0 Å². The van der Waals surface area contributed by atoms with Crippen LogP contribution in [0, 0.1) is 0 Å². The van der Waals surface area contributed by atoms with Gasteiger partial charge < -0.3 is 0 Å². The van der Waals surface area contributed by atoms with E-state index in [1.54, 1.807) is 0 Å². The van der Waals surface area contributed by atoms with Crippen molar-refractivity contribution >= 4 is 7.74 Å². The van der Waals surface area contributed by atoms with Gasteiger partial charge in [-0.05, 0) is 0 Å². The molecule has 0 atom stereocenters. The van der Waals surface area contributed by atoms with Crippen molar-refractivity contribution in [3.05, 3.63) is 60.7 Å². The molecule has 2 aromatic rings. The Morgan fingerprint density at radius 2 is 1.00 bits per heavy atom. The molecule has 100 valence electrons. The van der Waals surface area contributed by atoms with Crippen molar-refractivity contribution in [2.24, 2.45) is 0 Å². The summed E-state index contributed by atoms with van der Waals surface area (Å²) in [6.45, 7) is 0. The van der Waals surface area contributed by atoms with Gasteiger partial charge in [-0.3, -0.25) is 0 Å². The fourth-order valence-electron chi connectivity index (χ4n) is 2.41. The fourth-order valence-corrected chi connectivity index (χ4v) is 17.2. The van der Waals surface area contributed by atoms with E-state index in [1.807, 2.05) is 0 Å². The van der Waals surface area contributed by atoms with Crippen LogP contribution in [-0.2, 0) is 35.9 Å². The molecule has 0 aliphatic heterocycles. The van der Waals surface area contributed by atoms with Crippen LogP contribution in [-0.4, -0.2) is 0 Å². The molecule has 0 aliphatic carbocycles. The molecule has 0 heterocycles. The third kappa shape index (κ3) is 3.90. The third-order valence-corrected chi connectivity index (χ3v) is 15.8. The molecule has 3 heteroatoms. The van der Waals surface area contributed by atoms with Crippen molar-refractivity contribution in [1.29, 1.82) is 0 Å². The number of hydrogen-bond acceptors (Lipinski definition) is 1. The van der Waals surface area contributed by atoms with E-state index in [0.29, 0.717) is 0 Å². The van der Waals surface area contributed by atoms with Gasteiger partial charge in [0.2, 0.25) is 0 Å². The van der Waals surface area contributed by atoms with Crippen LogP contribution >= 0.6 is 0 Å². The first-order chi connectivity index (χ1) is 8.92. The molecule has 0 spiro atoms. The SMILES string of the molecule is [CH3][Ti]([CH3])([CH3])[O][Ti]([CH3])([c]1ccccc1)[c]1ccccc1. The van der Waals surface area contributed by atoms with Crippen LogP contribution < -0.4 is 7.74 Å². The van der Waals surface area contributed by atoms with Crippen molar-refractivity contribution in [3.63, 3.8) is 0 Å². The van der Waals surface area contributed by atoms with Crippen LogP contribution in [0.5, 0.6) is 0 Å². The Morgan fingerprint density at radius 1 is 0.632 bits per heavy atom. The average Bonchev–Trinajstić information content (AvgIpc) is 2.39. The molecular formula is C16H22OTi2. The van der Waals surface area contributed by atoms with Gasteiger partial charge in [-0.1, -0.05) is 0 Å². The van der Waals surface area contributed by atoms with E-state index in [0.717, 1.165) is 0 Å². The monoisotopic (exact) mass is 326 g/mol. The van der Waals surface area contributed by atoms with Crippen molar-refractivity contribution in [1.82, 2.24) is 0 Å². The van der Waals surface area contributed by atoms with Gasteiger partial charge >= 0.3 is 125 Å². The van der Waals surface area contributed by atoms with Crippen LogP contribution in [0.1, 0.15) is 0 Å². The van der Waals surface area contributed by atoms with Gasteiger partial charge in [0.15, 0.2) is 0 Å². The van der Waals surface area contributed by atoms with Crippen LogP contribution in [0.25, 0.3) is 0 Å². The van der Waals surface area contributed by atoms with E-state index in [4.69, 9.17) is 1.90 Å². The summed E-state index contributed by atoms with van der Waals surface area (Å²) < 4.78 is 9.60. The van der Waals surface area contributed by atoms with Gasteiger partial charge in [0, 0.05) is 0 Å². The molecule has 1 nitrogen and oxygen atoms in total. The Bertz CT molecular complexity index is 478. The van der Waals surface area contributed by atoms with Gasteiger partial charge in [0.1, 0.15) is 0 Å². The van der Waals surface area contributed by atoms with Gasteiger partial charge in [0.25, 0.3) is 0 Å². The van der Waals surface area contributed by atoms with E-state index in [2.05, 4.69) is 81.6 Å². The zero-order valence-corrected chi connectivity index (χ0v) is 15.3. The summed E-state index contributed by atoms with van der Waals surface area (Å²) in [5.74, 6) is 0. The second-order valence-corrected chi connectivity index (χ2v) is 19.2. The molecule has 0 amide bonds. The summed E-state index contributed by atoms with van der Waals surface area (Å²) in [4.78, 5) is 0. The minimum absolute atomic E-state index is 1.41. The first kappa shape index (κ1) is 15.2. The minimum atomic E-state index is -2.65. The number of benzene rings is 2. The van der Waals surface area contributed by atoms with Crippen molar-refractivity contribution in [3.8, 4) is 0 Å². The van der Waals surface area contributed by atoms with Crippen LogP contribution in [0.3, 0.4) is 0 Å². The maximum atomic E-state index is 6.77. The second kappa shape index (κ2) is 6.08. The van der Waals surface area contributed by atoms with Gasteiger partial charge in [-0.25, -0.2) is 0 Å². The van der Waals surface area contributed by atoms with E-state index in [1.165, 1.54) is 7.74 Å². The molecule has 2 rings (SSSR count). The Hall–Kier alpha value is -0.171. The van der Waals surface area contributed by atoms with Crippen molar-refractivity contribution in [2.45, 2.75) is 20.9 Å². The van der Waals surface area contributed by atoms with E-state index < -0.39 is 34.0 Å². The molecular weight excluding hydrogens is 304 g/mol. The Morgan fingerprint density at radius 3 is 1.32 bits per heavy atom. The van der Waals surface area contributed by atoms with E-state index >= 15 is 0 Å². The summed E-state index contributed by atoms with van der Waals surface area (Å²) in [7, 11) is 0. The molecule has 0 radical (unpaired) electrons. The Kier molecular flexibility index (Phi) is 4.87. The van der Waals surface area contributed by atoms with Crippen LogP contribution in [0.15, 0.2) is 60.7 Å². The normalized spacial score (nSPS) is 12.4. The predicted molar refractivity (Wildman–Crippen MR) is 76.7 cm³/mol. The first-order valence-electron chi connectivity index (χ1n) is 6.73. The summed E-state index contributed by atoms with van der Waals surface area (Å²) >= 11 is -4.73. The van der Waals surface area contributed by atoms with Gasteiger partial charge in [0.05, 0.1) is 0 Å². The van der Waals surface area contributed by atoms with E-state index in [9.17, 15) is 0 Å². The zero-order valence-electron chi connectivity index (χ0n) is 12.2. The molecule has 0 saturated carbocycles. The average molecular weight is 326 g/mol. The fraction of sp³-hybridized carbons (Fsp3) is 0.250. The van der Waals surface area contributed by atoms with Crippen LogP contribution in [0.2, 0.25) is 20.9 Å². The maximum absolute atomic E-state index is 6.77.